The summed E-state index contributed by atoms with van der Waals surface area (Å²) in [7, 11) is 0. The van der Waals surface area contributed by atoms with Crippen LogP contribution < -0.4 is 5.43 Å². The molecule has 0 bridgehead atoms. The van der Waals surface area contributed by atoms with Crippen molar-refractivity contribution in [1.29, 1.82) is 0 Å². The van der Waals surface area contributed by atoms with E-state index < -0.39 is 0 Å². The molecule has 0 saturated carbocycles. The predicted molar refractivity (Wildman–Crippen MR) is 87.7 cm³/mol. The van der Waals surface area contributed by atoms with Gasteiger partial charge in [-0.05, 0) is 36.8 Å². The maximum absolute atomic E-state index is 11.9. The van der Waals surface area contributed by atoms with Crippen LogP contribution in [-0.4, -0.2) is 12.1 Å². The van der Waals surface area contributed by atoms with Crippen molar-refractivity contribution in [3.8, 4) is 0 Å². The predicted octanol–water partition coefficient (Wildman–Crippen LogP) is 4.72. The van der Waals surface area contributed by atoms with Crippen molar-refractivity contribution in [3.63, 3.8) is 0 Å². The van der Waals surface area contributed by atoms with Gasteiger partial charge in [0.15, 0.2) is 0 Å². The number of hydrogen-bond acceptors (Lipinski definition) is 2. The number of amides is 1. The zero-order chi connectivity index (χ0) is 15.4. The summed E-state index contributed by atoms with van der Waals surface area (Å²) in [6, 6.07) is 10.1. The van der Waals surface area contributed by atoms with Gasteiger partial charge >= 0.3 is 0 Å². The second-order valence-corrected chi connectivity index (χ2v) is 5.58. The fourth-order valence-electron chi connectivity index (χ4n) is 1.57. The lowest BCUT2D eigenvalue weighted by atomic mass is 10.1. The lowest BCUT2D eigenvalue weighted by molar-refractivity contribution is 0.0955. The number of carbonyl (C=O) groups excluding carboxylic acids is 1. The summed E-state index contributed by atoms with van der Waals surface area (Å²) in [6.07, 6.45) is 1.45. The number of carbonyl (C=O) groups is 1. The number of nitrogens with one attached hydrogen (secondary N) is 1. The van der Waals surface area contributed by atoms with Crippen LogP contribution in [0.15, 0.2) is 41.5 Å². The smallest absolute Gasteiger partial charge is 0.267 e. The molecule has 0 radical (unpaired) electrons. The Labute approximate surface area is 137 Å². The molecule has 0 aliphatic rings. The zero-order valence-electron chi connectivity index (χ0n) is 11.0. The fourth-order valence-corrected chi connectivity index (χ4v) is 2.20. The number of nitrogens with zero attached hydrogens (tertiary/aromatic N) is 1. The van der Waals surface area contributed by atoms with Crippen molar-refractivity contribution in [2.75, 3.05) is 0 Å². The van der Waals surface area contributed by atoms with E-state index in [1.54, 1.807) is 36.4 Å². The Bertz CT molecular complexity index is 714. The van der Waals surface area contributed by atoms with Gasteiger partial charge in [0.05, 0.1) is 11.2 Å². The summed E-state index contributed by atoms with van der Waals surface area (Å²) in [6.45, 7) is 1.87. The van der Waals surface area contributed by atoms with Gasteiger partial charge in [-0.15, -0.1) is 0 Å². The Morgan fingerprint density at radius 1 is 1.10 bits per heavy atom. The summed E-state index contributed by atoms with van der Waals surface area (Å²) in [5, 5.41) is 5.39. The van der Waals surface area contributed by atoms with Crippen LogP contribution in [0.25, 0.3) is 0 Å². The summed E-state index contributed by atoms with van der Waals surface area (Å²) in [5.74, 6) is -0.349. The number of aryl methyl sites for hydroxylation is 1. The van der Waals surface area contributed by atoms with E-state index in [2.05, 4.69) is 10.5 Å². The van der Waals surface area contributed by atoms with Crippen molar-refractivity contribution >= 4 is 46.9 Å². The minimum atomic E-state index is -0.349. The molecule has 0 spiro atoms. The van der Waals surface area contributed by atoms with Crippen molar-refractivity contribution in [2.24, 2.45) is 5.10 Å². The van der Waals surface area contributed by atoms with E-state index in [9.17, 15) is 4.79 Å². The van der Waals surface area contributed by atoms with Crippen LogP contribution in [0.3, 0.4) is 0 Å². The molecule has 0 aliphatic carbocycles. The molecule has 0 atom stereocenters. The van der Waals surface area contributed by atoms with E-state index in [4.69, 9.17) is 34.8 Å². The maximum atomic E-state index is 11.9. The minimum Gasteiger partial charge on any atom is -0.267 e. The topological polar surface area (TPSA) is 41.5 Å². The molecular weight excluding hydrogens is 331 g/mol. The molecule has 0 fully saturated rings. The van der Waals surface area contributed by atoms with Crippen molar-refractivity contribution in [3.05, 3.63) is 68.2 Å². The lowest BCUT2D eigenvalue weighted by Gasteiger charge is -2.03. The number of hydrazone groups is 1. The Morgan fingerprint density at radius 3 is 2.52 bits per heavy atom. The van der Waals surface area contributed by atoms with E-state index in [-0.39, 0.29) is 5.91 Å². The molecule has 0 heterocycles. The number of rotatable bonds is 3. The molecule has 2 aromatic carbocycles. The van der Waals surface area contributed by atoms with Crippen LogP contribution in [0.4, 0.5) is 0 Å². The average molecular weight is 342 g/mol. The summed E-state index contributed by atoms with van der Waals surface area (Å²) < 4.78 is 0. The third-order valence-corrected chi connectivity index (χ3v) is 3.74. The van der Waals surface area contributed by atoms with Crippen LogP contribution >= 0.6 is 34.8 Å². The largest absolute Gasteiger partial charge is 0.271 e. The van der Waals surface area contributed by atoms with Crippen LogP contribution in [0.5, 0.6) is 0 Å². The summed E-state index contributed by atoms with van der Waals surface area (Å²) in [5.41, 5.74) is 4.41. The zero-order valence-corrected chi connectivity index (χ0v) is 13.3. The van der Waals surface area contributed by atoms with Crippen molar-refractivity contribution < 1.29 is 4.79 Å². The standard InChI is InChI=1S/C15H11Cl3N2O/c1-9-2-3-10(6-13(9)17)15(21)20-19-8-11-4-5-12(16)7-14(11)18/h2-8H,1H3,(H,20,21)/b19-8-. The van der Waals surface area contributed by atoms with Crippen LogP contribution in [0, 0.1) is 6.92 Å². The molecule has 2 rings (SSSR count). The highest BCUT2D eigenvalue weighted by atomic mass is 35.5. The van der Waals surface area contributed by atoms with E-state index in [1.807, 2.05) is 6.92 Å². The summed E-state index contributed by atoms with van der Waals surface area (Å²) >= 11 is 17.8. The van der Waals surface area contributed by atoms with Gasteiger partial charge in [-0.2, -0.15) is 5.10 Å². The number of benzene rings is 2. The molecule has 1 N–H and O–H groups in total. The van der Waals surface area contributed by atoms with E-state index >= 15 is 0 Å². The maximum Gasteiger partial charge on any atom is 0.271 e. The van der Waals surface area contributed by atoms with Gasteiger partial charge in [0, 0.05) is 21.2 Å². The van der Waals surface area contributed by atoms with Crippen LogP contribution in [-0.2, 0) is 0 Å². The first-order valence-electron chi connectivity index (χ1n) is 6.02. The Balaban J connectivity index is 2.06. The Morgan fingerprint density at radius 2 is 1.86 bits per heavy atom. The highest BCUT2D eigenvalue weighted by Gasteiger charge is 2.06. The first-order valence-corrected chi connectivity index (χ1v) is 7.15. The normalized spacial score (nSPS) is 10.9. The molecule has 0 unspecified atom stereocenters. The minimum absolute atomic E-state index is 0.349. The second kappa shape index (κ2) is 6.94. The molecule has 0 saturated heterocycles. The monoisotopic (exact) mass is 340 g/mol. The van der Waals surface area contributed by atoms with Gasteiger partial charge in [-0.25, -0.2) is 5.43 Å². The third kappa shape index (κ3) is 4.21. The van der Waals surface area contributed by atoms with E-state index in [0.29, 0.717) is 26.2 Å². The van der Waals surface area contributed by atoms with Gasteiger partial charge in [0.1, 0.15) is 0 Å². The van der Waals surface area contributed by atoms with Gasteiger partial charge in [0.25, 0.3) is 5.91 Å². The second-order valence-electron chi connectivity index (χ2n) is 4.33. The lowest BCUT2D eigenvalue weighted by Crippen LogP contribution is -2.17. The van der Waals surface area contributed by atoms with E-state index in [1.165, 1.54) is 6.21 Å². The first kappa shape index (κ1) is 15.8. The summed E-state index contributed by atoms with van der Waals surface area (Å²) in [4.78, 5) is 11.9. The Kier molecular flexibility index (Phi) is 5.23. The quantitative estimate of drug-likeness (QED) is 0.637. The highest BCUT2D eigenvalue weighted by Crippen LogP contribution is 2.19. The number of hydrogen-bond donors (Lipinski definition) is 1. The molecule has 0 aliphatic heterocycles. The molecule has 1 amide bonds. The van der Waals surface area contributed by atoms with Crippen molar-refractivity contribution in [1.82, 2.24) is 5.43 Å². The van der Waals surface area contributed by atoms with Gasteiger partial charge in [-0.1, -0.05) is 46.9 Å². The molecule has 108 valence electrons. The van der Waals surface area contributed by atoms with Crippen LogP contribution in [0.1, 0.15) is 21.5 Å². The van der Waals surface area contributed by atoms with Crippen LogP contribution in [0.2, 0.25) is 15.1 Å². The van der Waals surface area contributed by atoms with Gasteiger partial charge in [-0.3, -0.25) is 4.79 Å². The molecule has 3 nitrogen and oxygen atoms in total. The number of halogens is 3. The Hall–Kier alpha value is -1.55. The molecule has 21 heavy (non-hydrogen) atoms. The third-order valence-electron chi connectivity index (χ3n) is 2.77. The van der Waals surface area contributed by atoms with Crippen molar-refractivity contribution in [2.45, 2.75) is 6.92 Å². The molecular formula is C15H11Cl3N2O. The first-order chi connectivity index (χ1) is 9.97. The van der Waals surface area contributed by atoms with E-state index in [0.717, 1.165) is 5.56 Å². The molecule has 6 heteroatoms. The fraction of sp³-hybridized carbons (Fsp3) is 0.0667. The van der Waals surface area contributed by atoms with Gasteiger partial charge in [0.2, 0.25) is 0 Å². The van der Waals surface area contributed by atoms with Gasteiger partial charge < -0.3 is 0 Å². The highest BCUT2D eigenvalue weighted by molar-refractivity contribution is 6.36. The SMILES string of the molecule is Cc1ccc(C(=O)N/N=C\c2ccc(Cl)cc2Cl)cc1Cl. The molecule has 2 aromatic rings. The molecule has 0 aromatic heterocycles. The average Bonchev–Trinajstić information content (AvgIpc) is 2.44.